The maximum Gasteiger partial charge on any atom is 0.229 e. The topological polar surface area (TPSA) is 62.7 Å². The van der Waals surface area contributed by atoms with E-state index in [1.165, 1.54) is 0 Å². The number of halogens is 1. The van der Waals surface area contributed by atoms with Gasteiger partial charge in [-0.1, -0.05) is 29.8 Å². The highest BCUT2D eigenvalue weighted by Gasteiger charge is 2.06. The number of rotatable bonds is 4. The Balaban J connectivity index is 1.61. The molecule has 0 saturated carbocycles. The van der Waals surface area contributed by atoms with Crippen molar-refractivity contribution < 1.29 is 0 Å². The van der Waals surface area contributed by atoms with Crippen molar-refractivity contribution in [2.45, 2.75) is 6.92 Å². The molecular formula is C20H16ClN5. The van der Waals surface area contributed by atoms with Gasteiger partial charge in [0.05, 0.1) is 11.2 Å². The molecule has 0 amide bonds. The second kappa shape index (κ2) is 6.98. The highest BCUT2D eigenvalue weighted by atomic mass is 35.5. The molecule has 2 N–H and O–H groups in total. The van der Waals surface area contributed by atoms with Gasteiger partial charge in [-0.05, 0) is 48.9 Å². The average Bonchev–Trinajstić information content (AvgIpc) is 2.65. The minimum absolute atomic E-state index is 0.508. The summed E-state index contributed by atoms with van der Waals surface area (Å²) in [6.07, 6.45) is 3.49. The van der Waals surface area contributed by atoms with E-state index in [9.17, 15) is 0 Å². The molecule has 0 aliphatic rings. The number of anilines is 4. The van der Waals surface area contributed by atoms with Crippen LogP contribution in [0.5, 0.6) is 0 Å². The van der Waals surface area contributed by atoms with Crippen LogP contribution in [-0.2, 0) is 0 Å². The van der Waals surface area contributed by atoms with Crippen molar-refractivity contribution >= 4 is 45.6 Å². The Bertz CT molecular complexity index is 1080. The van der Waals surface area contributed by atoms with E-state index in [2.05, 4.69) is 25.6 Å². The molecule has 4 aromatic rings. The van der Waals surface area contributed by atoms with Crippen LogP contribution in [0, 0.1) is 6.92 Å². The van der Waals surface area contributed by atoms with E-state index >= 15 is 0 Å². The first-order chi connectivity index (χ1) is 12.7. The van der Waals surface area contributed by atoms with Crippen molar-refractivity contribution in [1.29, 1.82) is 0 Å². The predicted molar refractivity (Wildman–Crippen MR) is 107 cm³/mol. The molecule has 2 heterocycles. The first kappa shape index (κ1) is 16.3. The second-order valence-electron chi connectivity index (χ2n) is 5.86. The predicted octanol–water partition coefficient (Wildman–Crippen LogP) is 5.47. The van der Waals surface area contributed by atoms with Crippen LogP contribution in [0.25, 0.3) is 10.9 Å². The maximum atomic E-state index is 6.01. The molecule has 2 aromatic heterocycles. The zero-order valence-corrected chi connectivity index (χ0v) is 14.8. The largest absolute Gasteiger partial charge is 0.338 e. The Kier molecular flexibility index (Phi) is 4.37. The number of hydrogen-bond donors (Lipinski definition) is 2. The summed E-state index contributed by atoms with van der Waals surface area (Å²) in [5, 5.41) is 8.32. The van der Waals surface area contributed by atoms with E-state index in [-0.39, 0.29) is 0 Å². The molecule has 0 aliphatic carbocycles. The van der Waals surface area contributed by atoms with Crippen LogP contribution in [0.4, 0.5) is 23.1 Å². The monoisotopic (exact) mass is 361 g/mol. The fourth-order valence-electron chi connectivity index (χ4n) is 2.72. The lowest BCUT2D eigenvalue weighted by Gasteiger charge is -2.11. The van der Waals surface area contributed by atoms with Crippen LogP contribution in [0.1, 0.15) is 5.56 Å². The molecule has 0 saturated heterocycles. The minimum Gasteiger partial charge on any atom is -0.338 e. The molecular weight excluding hydrogens is 346 g/mol. The number of aryl methyl sites for hydroxylation is 1. The van der Waals surface area contributed by atoms with E-state index in [0.29, 0.717) is 16.8 Å². The molecule has 0 bridgehead atoms. The fraction of sp³-hybridized carbons (Fsp3) is 0.0500. The molecule has 0 spiro atoms. The van der Waals surface area contributed by atoms with E-state index in [1.54, 1.807) is 12.4 Å². The summed E-state index contributed by atoms with van der Waals surface area (Å²) in [7, 11) is 0. The van der Waals surface area contributed by atoms with Crippen LogP contribution in [-0.4, -0.2) is 15.0 Å². The third-order valence-electron chi connectivity index (χ3n) is 3.99. The number of para-hydroxylation sites is 1. The molecule has 0 atom stereocenters. The lowest BCUT2D eigenvalue weighted by Crippen LogP contribution is -2.01. The molecule has 0 aliphatic heterocycles. The maximum absolute atomic E-state index is 6.01. The van der Waals surface area contributed by atoms with E-state index in [0.717, 1.165) is 27.8 Å². The Morgan fingerprint density at radius 3 is 2.62 bits per heavy atom. The van der Waals surface area contributed by atoms with E-state index in [4.69, 9.17) is 11.6 Å². The number of benzene rings is 2. The van der Waals surface area contributed by atoms with Crippen molar-refractivity contribution in [2.24, 2.45) is 0 Å². The van der Waals surface area contributed by atoms with E-state index in [1.807, 2.05) is 61.5 Å². The molecule has 0 fully saturated rings. The molecule has 5 nitrogen and oxygen atoms in total. The first-order valence-corrected chi connectivity index (χ1v) is 8.54. The zero-order valence-electron chi connectivity index (χ0n) is 14.1. The summed E-state index contributed by atoms with van der Waals surface area (Å²) in [6.45, 7) is 1.98. The van der Waals surface area contributed by atoms with Crippen molar-refractivity contribution in [1.82, 2.24) is 15.0 Å². The lowest BCUT2D eigenvalue weighted by molar-refractivity contribution is 1.16. The van der Waals surface area contributed by atoms with Gasteiger partial charge in [0.15, 0.2) is 0 Å². The van der Waals surface area contributed by atoms with Gasteiger partial charge >= 0.3 is 0 Å². The number of pyridine rings is 1. The van der Waals surface area contributed by atoms with Gasteiger partial charge in [0.1, 0.15) is 5.82 Å². The number of nitrogens with one attached hydrogen (secondary N) is 2. The summed E-state index contributed by atoms with van der Waals surface area (Å²) < 4.78 is 0. The number of fused-ring (bicyclic) bond motifs is 1. The Labute approximate surface area is 156 Å². The highest BCUT2D eigenvalue weighted by Crippen LogP contribution is 2.25. The molecule has 128 valence electrons. The van der Waals surface area contributed by atoms with Crippen LogP contribution < -0.4 is 10.6 Å². The molecule has 2 aromatic carbocycles. The minimum atomic E-state index is 0.508. The van der Waals surface area contributed by atoms with Crippen LogP contribution in [0.15, 0.2) is 67.0 Å². The smallest absolute Gasteiger partial charge is 0.229 e. The van der Waals surface area contributed by atoms with Gasteiger partial charge in [0.2, 0.25) is 5.95 Å². The fourth-order valence-corrected chi connectivity index (χ4v) is 2.95. The lowest BCUT2D eigenvalue weighted by atomic mass is 10.2. The SMILES string of the molecule is Cc1cc(Cl)ccc1Nc1nccc(Nc2cccc3cccnc23)n1. The summed E-state index contributed by atoms with van der Waals surface area (Å²) in [6, 6.07) is 17.4. The summed E-state index contributed by atoms with van der Waals surface area (Å²) in [4.78, 5) is 13.3. The van der Waals surface area contributed by atoms with Crippen LogP contribution in [0.3, 0.4) is 0 Å². The molecule has 0 radical (unpaired) electrons. The standard InChI is InChI=1S/C20H16ClN5/c1-13-12-15(21)7-8-16(13)25-20-23-11-9-18(26-20)24-17-6-2-4-14-5-3-10-22-19(14)17/h2-12H,1H3,(H2,23,24,25,26). The Hall–Kier alpha value is -3.18. The average molecular weight is 362 g/mol. The van der Waals surface area contributed by atoms with E-state index < -0.39 is 0 Å². The highest BCUT2D eigenvalue weighted by molar-refractivity contribution is 6.30. The van der Waals surface area contributed by atoms with Gasteiger partial charge in [0, 0.05) is 28.5 Å². The Morgan fingerprint density at radius 2 is 1.73 bits per heavy atom. The zero-order chi connectivity index (χ0) is 17.9. The molecule has 26 heavy (non-hydrogen) atoms. The summed E-state index contributed by atoms with van der Waals surface area (Å²) >= 11 is 6.01. The molecule has 4 rings (SSSR count). The quantitative estimate of drug-likeness (QED) is 0.504. The summed E-state index contributed by atoms with van der Waals surface area (Å²) in [5.41, 5.74) is 3.74. The normalized spacial score (nSPS) is 10.7. The van der Waals surface area contributed by atoms with Crippen molar-refractivity contribution in [3.8, 4) is 0 Å². The number of aromatic nitrogens is 3. The second-order valence-corrected chi connectivity index (χ2v) is 6.29. The van der Waals surface area contributed by atoms with Gasteiger partial charge in [0.25, 0.3) is 0 Å². The van der Waals surface area contributed by atoms with Crippen LogP contribution >= 0.6 is 11.6 Å². The van der Waals surface area contributed by atoms with Crippen LogP contribution in [0.2, 0.25) is 5.02 Å². The van der Waals surface area contributed by atoms with Gasteiger partial charge in [-0.2, -0.15) is 4.98 Å². The van der Waals surface area contributed by atoms with Gasteiger partial charge in [-0.3, -0.25) is 4.98 Å². The first-order valence-electron chi connectivity index (χ1n) is 8.16. The van der Waals surface area contributed by atoms with Crippen molar-refractivity contribution in [3.63, 3.8) is 0 Å². The van der Waals surface area contributed by atoms with Crippen molar-refractivity contribution in [3.05, 3.63) is 77.6 Å². The number of hydrogen-bond acceptors (Lipinski definition) is 5. The third kappa shape index (κ3) is 3.43. The molecule has 0 unspecified atom stereocenters. The number of nitrogens with zero attached hydrogens (tertiary/aromatic N) is 3. The third-order valence-corrected chi connectivity index (χ3v) is 4.22. The van der Waals surface area contributed by atoms with Gasteiger partial charge in [-0.25, -0.2) is 4.98 Å². The van der Waals surface area contributed by atoms with Crippen molar-refractivity contribution in [2.75, 3.05) is 10.6 Å². The molecule has 6 heteroatoms. The summed E-state index contributed by atoms with van der Waals surface area (Å²) in [5.74, 6) is 1.20. The van der Waals surface area contributed by atoms with Gasteiger partial charge < -0.3 is 10.6 Å². The van der Waals surface area contributed by atoms with Gasteiger partial charge in [-0.15, -0.1) is 0 Å². The Morgan fingerprint density at radius 1 is 0.846 bits per heavy atom.